The Hall–Kier alpha value is -1.38. The molecule has 0 spiro atoms. The molecule has 2 nitrogen and oxygen atoms in total. The molecule has 1 N–H and O–H groups in total. The van der Waals surface area contributed by atoms with E-state index in [0.29, 0.717) is 0 Å². The fourth-order valence-corrected chi connectivity index (χ4v) is 1.76. The van der Waals surface area contributed by atoms with Gasteiger partial charge in [0.05, 0.1) is 5.56 Å². The lowest BCUT2D eigenvalue weighted by Gasteiger charge is -2.08. The van der Waals surface area contributed by atoms with Crippen LogP contribution >= 0.6 is 0 Å². The van der Waals surface area contributed by atoms with Crippen LogP contribution in [0.2, 0.25) is 0 Å². The van der Waals surface area contributed by atoms with Gasteiger partial charge in [-0.15, -0.1) is 0 Å². The molecule has 2 rings (SSSR count). The second-order valence-electron chi connectivity index (χ2n) is 5.20. The Morgan fingerprint density at radius 3 is 2.69 bits per heavy atom. The van der Waals surface area contributed by atoms with E-state index in [2.05, 4.69) is 19.2 Å². The van der Waals surface area contributed by atoms with Crippen LogP contribution in [0.3, 0.4) is 0 Å². The third-order valence-electron chi connectivity index (χ3n) is 3.19. The Kier molecular flexibility index (Phi) is 2.49. The van der Waals surface area contributed by atoms with E-state index < -0.39 is 5.82 Å². The van der Waals surface area contributed by atoms with Crippen LogP contribution in [-0.2, 0) is 0 Å². The molecule has 1 aromatic carbocycles. The summed E-state index contributed by atoms with van der Waals surface area (Å²) in [7, 11) is 0. The van der Waals surface area contributed by atoms with Crippen LogP contribution in [0.5, 0.6) is 0 Å². The highest BCUT2D eigenvalue weighted by molar-refractivity contribution is 5.95. The molecule has 1 aromatic rings. The number of nitrogens with one attached hydrogen (secondary N) is 1. The van der Waals surface area contributed by atoms with Gasteiger partial charge in [0.2, 0.25) is 0 Å². The van der Waals surface area contributed by atoms with Gasteiger partial charge in [-0.1, -0.05) is 25.5 Å². The lowest BCUT2D eigenvalue weighted by Crippen LogP contribution is -2.29. The standard InChI is InChI=1S/C13H16FNO/c1-8-4-5-10(14)9(6-8)12(16)15-11-7-13(11,2)3/h4-6,11H,7H2,1-3H3,(H,15,16). The number of hydrogen-bond donors (Lipinski definition) is 1. The molecule has 3 heteroatoms. The molecule has 0 saturated heterocycles. The fourth-order valence-electron chi connectivity index (χ4n) is 1.76. The summed E-state index contributed by atoms with van der Waals surface area (Å²) in [6.45, 7) is 6.02. The second-order valence-corrected chi connectivity index (χ2v) is 5.20. The predicted molar refractivity (Wildman–Crippen MR) is 60.8 cm³/mol. The molecule has 1 amide bonds. The first-order chi connectivity index (χ1) is 7.40. The maximum Gasteiger partial charge on any atom is 0.254 e. The van der Waals surface area contributed by atoms with E-state index in [1.54, 1.807) is 12.1 Å². The molecule has 0 radical (unpaired) electrons. The van der Waals surface area contributed by atoms with Gasteiger partial charge in [0.15, 0.2) is 0 Å². The molecule has 1 saturated carbocycles. The van der Waals surface area contributed by atoms with E-state index in [1.807, 2.05) is 6.92 Å². The summed E-state index contributed by atoms with van der Waals surface area (Å²) in [6.07, 6.45) is 0.964. The number of rotatable bonds is 2. The highest BCUT2D eigenvalue weighted by Crippen LogP contribution is 2.44. The van der Waals surface area contributed by atoms with Crippen LogP contribution in [0.25, 0.3) is 0 Å². The zero-order chi connectivity index (χ0) is 11.9. The van der Waals surface area contributed by atoms with Gasteiger partial charge in [0.25, 0.3) is 5.91 Å². The van der Waals surface area contributed by atoms with Crippen molar-refractivity contribution < 1.29 is 9.18 Å². The third kappa shape index (κ3) is 2.08. The van der Waals surface area contributed by atoms with Gasteiger partial charge in [0.1, 0.15) is 5.82 Å². The van der Waals surface area contributed by atoms with Crippen molar-refractivity contribution in [2.24, 2.45) is 5.41 Å². The normalized spacial score (nSPS) is 21.6. The lowest BCUT2D eigenvalue weighted by atomic mass is 10.1. The van der Waals surface area contributed by atoms with E-state index in [4.69, 9.17) is 0 Å². The maximum absolute atomic E-state index is 13.4. The molecule has 1 atom stereocenters. The van der Waals surface area contributed by atoms with Crippen LogP contribution in [0.1, 0.15) is 36.2 Å². The Morgan fingerprint density at radius 2 is 2.12 bits per heavy atom. The van der Waals surface area contributed by atoms with E-state index in [-0.39, 0.29) is 22.9 Å². The molecule has 1 fully saturated rings. The Labute approximate surface area is 94.9 Å². The quantitative estimate of drug-likeness (QED) is 0.817. The Bertz CT molecular complexity index is 440. The van der Waals surface area contributed by atoms with E-state index >= 15 is 0 Å². The predicted octanol–water partition coefficient (Wildman–Crippen LogP) is 2.66. The summed E-state index contributed by atoms with van der Waals surface area (Å²) >= 11 is 0. The number of carbonyl (C=O) groups excluding carboxylic acids is 1. The number of hydrogen-bond acceptors (Lipinski definition) is 1. The van der Waals surface area contributed by atoms with Crippen LogP contribution in [0, 0.1) is 18.2 Å². The first kappa shape index (κ1) is 11.1. The number of halogens is 1. The second kappa shape index (κ2) is 3.58. The summed E-state index contributed by atoms with van der Waals surface area (Å²) in [5, 5.41) is 2.85. The fraction of sp³-hybridized carbons (Fsp3) is 0.462. The zero-order valence-corrected chi connectivity index (χ0v) is 9.80. The summed E-state index contributed by atoms with van der Waals surface area (Å²) in [6, 6.07) is 4.76. The van der Waals surface area contributed by atoms with Crippen LogP contribution in [0.4, 0.5) is 4.39 Å². The van der Waals surface area contributed by atoms with Gasteiger partial charge in [-0.25, -0.2) is 4.39 Å². The van der Waals surface area contributed by atoms with Crippen molar-refractivity contribution in [3.05, 3.63) is 35.1 Å². The number of aryl methyl sites for hydroxylation is 1. The summed E-state index contributed by atoms with van der Waals surface area (Å²) < 4.78 is 13.4. The minimum atomic E-state index is -0.457. The molecular weight excluding hydrogens is 205 g/mol. The monoisotopic (exact) mass is 221 g/mol. The topological polar surface area (TPSA) is 29.1 Å². The Balaban J connectivity index is 2.12. The molecule has 16 heavy (non-hydrogen) atoms. The third-order valence-corrected chi connectivity index (χ3v) is 3.19. The van der Waals surface area contributed by atoms with Crippen molar-refractivity contribution in [2.75, 3.05) is 0 Å². The first-order valence-electron chi connectivity index (χ1n) is 5.47. The lowest BCUT2D eigenvalue weighted by molar-refractivity contribution is 0.0942. The Morgan fingerprint density at radius 1 is 1.50 bits per heavy atom. The summed E-state index contributed by atoms with van der Waals surface area (Å²) in [5.74, 6) is -0.765. The molecule has 86 valence electrons. The molecule has 0 heterocycles. The molecular formula is C13H16FNO. The van der Waals surface area contributed by atoms with Crippen molar-refractivity contribution in [3.8, 4) is 0 Å². The van der Waals surface area contributed by atoms with Crippen LogP contribution in [-0.4, -0.2) is 11.9 Å². The van der Waals surface area contributed by atoms with Crippen molar-refractivity contribution in [2.45, 2.75) is 33.2 Å². The number of amides is 1. The number of carbonyl (C=O) groups is 1. The minimum absolute atomic E-state index is 0.141. The minimum Gasteiger partial charge on any atom is -0.349 e. The van der Waals surface area contributed by atoms with Crippen LogP contribution in [0.15, 0.2) is 18.2 Å². The largest absolute Gasteiger partial charge is 0.349 e. The van der Waals surface area contributed by atoms with Gasteiger partial charge in [0, 0.05) is 6.04 Å². The zero-order valence-electron chi connectivity index (χ0n) is 9.80. The van der Waals surface area contributed by atoms with E-state index in [1.165, 1.54) is 6.07 Å². The number of benzene rings is 1. The summed E-state index contributed by atoms with van der Waals surface area (Å²) in [5.41, 5.74) is 1.19. The summed E-state index contributed by atoms with van der Waals surface area (Å²) in [4.78, 5) is 11.8. The van der Waals surface area contributed by atoms with Gasteiger partial charge in [-0.05, 0) is 30.9 Å². The SMILES string of the molecule is Cc1ccc(F)c(C(=O)NC2CC2(C)C)c1. The van der Waals surface area contributed by atoms with Crippen molar-refractivity contribution in [1.29, 1.82) is 0 Å². The van der Waals surface area contributed by atoms with Gasteiger partial charge >= 0.3 is 0 Å². The van der Waals surface area contributed by atoms with Crippen molar-refractivity contribution in [3.63, 3.8) is 0 Å². The average molecular weight is 221 g/mol. The molecule has 1 aliphatic rings. The first-order valence-corrected chi connectivity index (χ1v) is 5.47. The molecule has 0 aliphatic heterocycles. The highest BCUT2D eigenvalue weighted by atomic mass is 19.1. The molecule has 0 aromatic heterocycles. The van der Waals surface area contributed by atoms with Gasteiger partial charge < -0.3 is 5.32 Å². The molecule has 0 bridgehead atoms. The highest BCUT2D eigenvalue weighted by Gasteiger charge is 2.46. The smallest absolute Gasteiger partial charge is 0.254 e. The van der Waals surface area contributed by atoms with E-state index in [0.717, 1.165) is 12.0 Å². The molecule has 1 unspecified atom stereocenters. The van der Waals surface area contributed by atoms with Crippen molar-refractivity contribution >= 4 is 5.91 Å². The van der Waals surface area contributed by atoms with Crippen LogP contribution < -0.4 is 5.32 Å². The van der Waals surface area contributed by atoms with Crippen molar-refractivity contribution in [1.82, 2.24) is 5.32 Å². The molecule has 1 aliphatic carbocycles. The van der Waals surface area contributed by atoms with Gasteiger partial charge in [-0.3, -0.25) is 4.79 Å². The van der Waals surface area contributed by atoms with E-state index in [9.17, 15) is 9.18 Å². The average Bonchev–Trinajstić information content (AvgIpc) is 2.77. The van der Waals surface area contributed by atoms with Gasteiger partial charge in [-0.2, -0.15) is 0 Å². The maximum atomic E-state index is 13.4.